The fourth-order valence-corrected chi connectivity index (χ4v) is 1.94. The number of terminal acetylenes is 1. The quantitative estimate of drug-likeness (QED) is 0.839. The average molecular weight is 351 g/mol. The molecule has 1 aromatic carbocycles. The van der Waals surface area contributed by atoms with Gasteiger partial charge in [0.05, 0.1) is 11.1 Å². The number of benzene rings is 1. The molecule has 1 atom stereocenters. The van der Waals surface area contributed by atoms with Crippen molar-refractivity contribution in [3.8, 4) is 23.7 Å². The zero-order chi connectivity index (χ0) is 18.7. The van der Waals surface area contributed by atoms with Crippen LogP contribution in [0.2, 0.25) is 0 Å². The number of carbonyl (C=O) groups excluding carboxylic acids is 1. The fourth-order valence-electron chi connectivity index (χ4n) is 1.94. The van der Waals surface area contributed by atoms with E-state index in [9.17, 15) is 18.0 Å². The van der Waals surface area contributed by atoms with Crippen molar-refractivity contribution in [3.05, 3.63) is 29.8 Å². The molecule has 0 bridgehead atoms. The van der Waals surface area contributed by atoms with E-state index >= 15 is 0 Å². The number of amides is 1. The molecule has 0 unspecified atom stereocenters. The molecule has 0 fully saturated rings. The molecule has 1 aromatic heterocycles. The van der Waals surface area contributed by atoms with E-state index in [1.54, 1.807) is 6.92 Å². The van der Waals surface area contributed by atoms with Gasteiger partial charge in [-0.05, 0) is 30.7 Å². The third-order valence-corrected chi connectivity index (χ3v) is 3.65. The average Bonchev–Trinajstić information content (AvgIpc) is 3.02. The Morgan fingerprint density at radius 3 is 2.48 bits per heavy atom. The molecule has 0 aliphatic rings. The highest BCUT2D eigenvalue weighted by atomic mass is 19.4. The number of rotatable bonds is 5. The highest BCUT2D eigenvalue weighted by Gasteiger charge is 2.30. The summed E-state index contributed by atoms with van der Waals surface area (Å²) in [6.45, 7) is 3.36. The Labute approximate surface area is 142 Å². The second kappa shape index (κ2) is 6.93. The Hall–Kier alpha value is -2.89. The molecular formula is C16H16F3N5O. The second-order valence-corrected chi connectivity index (χ2v) is 5.60. The summed E-state index contributed by atoms with van der Waals surface area (Å²) in [5.41, 5.74) is -1.17. The lowest BCUT2D eigenvalue weighted by Crippen LogP contribution is -2.45. The van der Waals surface area contributed by atoms with Gasteiger partial charge in [-0.1, -0.05) is 25.0 Å². The molecule has 0 aliphatic heterocycles. The molecule has 0 radical (unpaired) electrons. The normalized spacial score (nSPS) is 13.8. The number of alkyl halides is 3. The number of hydrogen-bond donors (Lipinski definition) is 1. The summed E-state index contributed by atoms with van der Waals surface area (Å²) >= 11 is 0. The van der Waals surface area contributed by atoms with Gasteiger partial charge < -0.3 is 5.32 Å². The SMILES string of the molecule is C#C[C@@](C)(CC)NC(=O)Cn1nnc(-c2ccc(C(F)(F)F)cc2)n1. The van der Waals surface area contributed by atoms with Crippen molar-refractivity contribution in [3.63, 3.8) is 0 Å². The predicted octanol–water partition coefficient (Wildman–Crippen LogP) is 2.28. The van der Waals surface area contributed by atoms with Gasteiger partial charge in [-0.15, -0.1) is 16.6 Å². The molecule has 0 saturated carbocycles. The predicted molar refractivity (Wildman–Crippen MR) is 83.9 cm³/mol. The Morgan fingerprint density at radius 2 is 1.96 bits per heavy atom. The molecule has 132 valence electrons. The van der Waals surface area contributed by atoms with Gasteiger partial charge in [-0.2, -0.15) is 18.0 Å². The van der Waals surface area contributed by atoms with Gasteiger partial charge in [-0.3, -0.25) is 4.79 Å². The Kier molecular flexibility index (Phi) is 5.11. The van der Waals surface area contributed by atoms with Gasteiger partial charge >= 0.3 is 6.18 Å². The third-order valence-electron chi connectivity index (χ3n) is 3.65. The van der Waals surface area contributed by atoms with Crippen LogP contribution in [0.25, 0.3) is 11.4 Å². The van der Waals surface area contributed by atoms with Crippen LogP contribution in [0.1, 0.15) is 25.8 Å². The molecule has 0 saturated heterocycles. The lowest BCUT2D eigenvalue weighted by molar-refractivity contribution is -0.137. The zero-order valence-electron chi connectivity index (χ0n) is 13.6. The lowest BCUT2D eigenvalue weighted by Gasteiger charge is -2.22. The molecule has 1 N–H and O–H groups in total. The number of hydrogen-bond acceptors (Lipinski definition) is 4. The van der Waals surface area contributed by atoms with Gasteiger partial charge in [0, 0.05) is 5.56 Å². The van der Waals surface area contributed by atoms with Gasteiger partial charge in [0.2, 0.25) is 11.7 Å². The van der Waals surface area contributed by atoms with Gasteiger partial charge in [0.25, 0.3) is 0 Å². The fraction of sp³-hybridized carbons (Fsp3) is 0.375. The van der Waals surface area contributed by atoms with Crippen molar-refractivity contribution in [2.75, 3.05) is 0 Å². The topological polar surface area (TPSA) is 72.7 Å². The van der Waals surface area contributed by atoms with Crippen LogP contribution in [-0.2, 0) is 17.5 Å². The Bertz CT molecular complexity index is 791. The molecule has 2 rings (SSSR count). The van der Waals surface area contributed by atoms with Gasteiger partial charge in [0.15, 0.2) is 0 Å². The van der Waals surface area contributed by atoms with Crippen LogP contribution in [0.5, 0.6) is 0 Å². The van der Waals surface area contributed by atoms with E-state index in [0.29, 0.717) is 12.0 Å². The maximum Gasteiger partial charge on any atom is 0.416 e. The van der Waals surface area contributed by atoms with Crippen molar-refractivity contribution in [1.82, 2.24) is 25.5 Å². The number of carbonyl (C=O) groups is 1. The van der Waals surface area contributed by atoms with Crippen molar-refractivity contribution in [2.45, 2.75) is 38.5 Å². The standard InChI is InChI=1S/C16H16F3N5O/c1-4-15(3,5-2)20-13(25)10-24-22-14(21-23-24)11-6-8-12(9-7-11)16(17,18)19/h1,6-9H,5,10H2,2-3H3,(H,20,25)/t15-/m0/s1. The van der Waals surface area contributed by atoms with Gasteiger partial charge in [0.1, 0.15) is 6.54 Å². The largest absolute Gasteiger partial charge is 0.416 e. The number of nitrogens with zero attached hydrogens (tertiary/aromatic N) is 4. The monoisotopic (exact) mass is 351 g/mol. The van der Waals surface area contributed by atoms with Crippen molar-refractivity contribution < 1.29 is 18.0 Å². The van der Waals surface area contributed by atoms with Crippen LogP contribution in [0.15, 0.2) is 24.3 Å². The molecule has 9 heteroatoms. The molecule has 1 heterocycles. The summed E-state index contributed by atoms with van der Waals surface area (Å²) in [6.07, 6.45) is 1.53. The van der Waals surface area contributed by atoms with E-state index in [2.05, 4.69) is 26.6 Å². The molecule has 2 aromatic rings. The molecule has 1 amide bonds. The summed E-state index contributed by atoms with van der Waals surface area (Å²) in [7, 11) is 0. The molecule has 0 aliphatic carbocycles. The maximum atomic E-state index is 12.6. The van der Waals surface area contributed by atoms with Crippen molar-refractivity contribution in [2.24, 2.45) is 0 Å². The number of nitrogens with one attached hydrogen (secondary N) is 1. The first-order chi connectivity index (χ1) is 11.7. The smallest absolute Gasteiger partial charge is 0.338 e. The van der Waals surface area contributed by atoms with Crippen LogP contribution in [0.4, 0.5) is 13.2 Å². The number of tetrazole rings is 1. The Morgan fingerprint density at radius 1 is 1.32 bits per heavy atom. The first kappa shape index (κ1) is 18.4. The maximum absolute atomic E-state index is 12.6. The highest BCUT2D eigenvalue weighted by molar-refractivity contribution is 5.77. The number of aromatic nitrogens is 4. The van der Waals surface area contributed by atoms with E-state index < -0.39 is 23.2 Å². The van der Waals surface area contributed by atoms with E-state index in [0.717, 1.165) is 16.9 Å². The summed E-state index contributed by atoms with van der Waals surface area (Å²) in [6, 6.07) is 4.36. The van der Waals surface area contributed by atoms with Crippen LogP contribution in [0, 0.1) is 12.3 Å². The van der Waals surface area contributed by atoms with Crippen LogP contribution < -0.4 is 5.32 Å². The summed E-state index contributed by atoms with van der Waals surface area (Å²) in [5.74, 6) is 2.24. The van der Waals surface area contributed by atoms with Crippen LogP contribution >= 0.6 is 0 Å². The first-order valence-corrected chi connectivity index (χ1v) is 7.41. The number of halogens is 3. The van der Waals surface area contributed by atoms with Crippen LogP contribution in [0.3, 0.4) is 0 Å². The van der Waals surface area contributed by atoms with E-state index in [1.807, 2.05) is 6.92 Å². The second-order valence-electron chi connectivity index (χ2n) is 5.60. The minimum atomic E-state index is -4.41. The summed E-state index contributed by atoms with van der Waals surface area (Å²) in [5, 5.41) is 14.2. The van der Waals surface area contributed by atoms with Crippen LogP contribution in [-0.4, -0.2) is 31.7 Å². The minimum Gasteiger partial charge on any atom is -0.338 e. The first-order valence-electron chi connectivity index (χ1n) is 7.41. The van der Waals surface area contributed by atoms with Crippen molar-refractivity contribution in [1.29, 1.82) is 0 Å². The van der Waals surface area contributed by atoms with E-state index in [4.69, 9.17) is 6.42 Å². The third kappa shape index (κ3) is 4.56. The molecule has 25 heavy (non-hydrogen) atoms. The zero-order valence-corrected chi connectivity index (χ0v) is 13.6. The summed E-state index contributed by atoms with van der Waals surface area (Å²) in [4.78, 5) is 13.0. The minimum absolute atomic E-state index is 0.122. The molecule has 0 spiro atoms. The van der Waals surface area contributed by atoms with E-state index in [-0.39, 0.29) is 12.4 Å². The highest BCUT2D eigenvalue weighted by Crippen LogP contribution is 2.30. The summed E-state index contributed by atoms with van der Waals surface area (Å²) < 4.78 is 37.7. The van der Waals surface area contributed by atoms with Crippen molar-refractivity contribution >= 4 is 5.91 Å². The Balaban J connectivity index is 2.08. The lowest BCUT2D eigenvalue weighted by atomic mass is 10.0. The molecular weight excluding hydrogens is 335 g/mol. The molecule has 6 nitrogen and oxygen atoms in total. The van der Waals surface area contributed by atoms with E-state index in [1.165, 1.54) is 12.1 Å². The van der Waals surface area contributed by atoms with Gasteiger partial charge in [-0.25, -0.2) is 0 Å².